The number of carboxylic acids is 1. The Bertz CT molecular complexity index is 528. The highest BCUT2D eigenvalue weighted by Gasteiger charge is 2.35. The van der Waals surface area contributed by atoms with Crippen LogP contribution in [-0.4, -0.2) is 69.6 Å². The minimum atomic E-state index is -1.01. The van der Waals surface area contributed by atoms with Gasteiger partial charge in [0, 0.05) is 19.0 Å². The van der Waals surface area contributed by atoms with Crippen LogP contribution in [-0.2, 0) is 17.8 Å². The number of hydrogen-bond acceptors (Lipinski definition) is 4. The molecule has 116 valence electrons. The predicted molar refractivity (Wildman–Crippen MR) is 75.8 cm³/mol. The number of aromatic nitrogens is 2. The number of carbonyl (C=O) groups excluding carboxylic acids is 1. The van der Waals surface area contributed by atoms with Gasteiger partial charge in [-0.25, -0.2) is 14.6 Å². The summed E-state index contributed by atoms with van der Waals surface area (Å²) in [6.45, 7) is 2.68. The maximum absolute atomic E-state index is 12.3. The molecule has 0 fully saturated rings. The Hall–Kier alpha value is -2.09. The van der Waals surface area contributed by atoms with Gasteiger partial charge in [0.2, 0.25) is 0 Å². The molecule has 0 radical (unpaired) electrons. The Morgan fingerprint density at radius 3 is 2.95 bits per heavy atom. The largest absolute Gasteiger partial charge is 0.480 e. The van der Waals surface area contributed by atoms with Gasteiger partial charge in [-0.3, -0.25) is 0 Å². The summed E-state index contributed by atoms with van der Waals surface area (Å²) in [6.07, 6.45) is 1.75. The number of urea groups is 1. The van der Waals surface area contributed by atoms with Gasteiger partial charge in [0.05, 0.1) is 24.3 Å². The SMILES string of the molecule is CC(CNC(=O)N1Cc2[nH]cnc2CC1C(=O)O)N(C)C. The quantitative estimate of drug-likeness (QED) is 0.719. The Morgan fingerprint density at radius 1 is 1.62 bits per heavy atom. The molecule has 0 aromatic carbocycles. The van der Waals surface area contributed by atoms with E-state index >= 15 is 0 Å². The number of imidazole rings is 1. The van der Waals surface area contributed by atoms with Gasteiger partial charge in [-0.2, -0.15) is 0 Å². The number of amides is 2. The molecule has 8 heteroatoms. The van der Waals surface area contributed by atoms with Crippen LogP contribution in [0.1, 0.15) is 18.3 Å². The summed E-state index contributed by atoms with van der Waals surface area (Å²) in [5.41, 5.74) is 1.51. The van der Waals surface area contributed by atoms with Crippen LogP contribution in [0.4, 0.5) is 4.79 Å². The molecule has 0 aliphatic carbocycles. The molecule has 0 saturated heterocycles. The highest BCUT2D eigenvalue weighted by molar-refractivity contribution is 5.83. The molecule has 2 atom stereocenters. The maximum Gasteiger partial charge on any atom is 0.326 e. The minimum absolute atomic E-state index is 0.171. The second-order valence-corrected chi connectivity index (χ2v) is 5.51. The van der Waals surface area contributed by atoms with Crippen molar-refractivity contribution in [2.75, 3.05) is 20.6 Å². The summed E-state index contributed by atoms with van der Waals surface area (Å²) in [6, 6.07) is -1.07. The number of aliphatic carboxylic acids is 1. The molecule has 2 rings (SSSR count). The highest BCUT2D eigenvalue weighted by atomic mass is 16.4. The maximum atomic E-state index is 12.3. The monoisotopic (exact) mass is 295 g/mol. The number of carboxylic acid groups (broad SMARTS) is 1. The zero-order chi connectivity index (χ0) is 15.6. The van der Waals surface area contributed by atoms with Crippen molar-refractivity contribution in [3.05, 3.63) is 17.7 Å². The van der Waals surface area contributed by atoms with Crippen molar-refractivity contribution < 1.29 is 14.7 Å². The molecule has 0 spiro atoms. The molecule has 1 aliphatic rings. The molecule has 1 aromatic rings. The first-order valence-corrected chi connectivity index (χ1v) is 6.85. The third-order valence-corrected chi connectivity index (χ3v) is 3.88. The van der Waals surface area contributed by atoms with Gasteiger partial charge in [-0.05, 0) is 21.0 Å². The van der Waals surface area contributed by atoms with Crippen LogP contribution in [0.5, 0.6) is 0 Å². The normalized spacial score (nSPS) is 19.2. The molecule has 1 aromatic heterocycles. The molecule has 2 amide bonds. The van der Waals surface area contributed by atoms with Crippen LogP contribution >= 0.6 is 0 Å². The topological polar surface area (TPSA) is 102 Å². The average molecular weight is 295 g/mol. The number of fused-ring (bicyclic) bond motifs is 1. The smallest absolute Gasteiger partial charge is 0.326 e. The number of H-pyrrole nitrogens is 1. The van der Waals surface area contributed by atoms with E-state index in [2.05, 4.69) is 15.3 Å². The first-order chi connectivity index (χ1) is 9.90. The predicted octanol–water partition coefficient (Wildman–Crippen LogP) is -0.119. The van der Waals surface area contributed by atoms with Crippen molar-refractivity contribution in [2.24, 2.45) is 0 Å². The summed E-state index contributed by atoms with van der Waals surface area (Å²) in [5, 5.41) is 12.1. The van der Waals surface area contributed by atoms with E-state index in [-0.39, 0.29) is 25.0 Å². The van der Waals surface area contributed by atoms with E-state index in [1.54, 1.807) is 0 Å². The van der Waals surface area contributed by atoms with Crippen molar-refractivity contribution in [3.8, 4) is 0 Å². The summed E-state index contributed by atoms with van der Waals surface area (Å²) in [4.78, 5) is 34.0. The second kappa shape index (κ2) is 6.13. The van der Waals surface area contributed by atoms with Crippen molar-refractivity contribution in [1.82, 2.24) is 25.1 Å². The summed E-state index contributed by atoms with van der Waals surface area (Å²) < 4.78 is 0. The fourth-order valence-electron chi connectivity index (χ4n) is 2.19. The molecular weight excluding hydrogens is 274 g/mol. The van der Waals surface area contributed by atoms with Gasteiger partial charge < -0.3 is 25.2 Å². The van der Waals surface area contributed by atoms with Crippen LogP contribution < -0.4 is 5.32 Å². The number of carbonyl (C=O) groups is 2. The Morgan fingerprint density at radius 2 is 2.33 bits per heavy atom. The van der Waals surface area contributed by atoms with Crippen molar-refractivity contribution in [3.63, 3.8) is 0 Å². The lowest BCUT2D eigenvalue weighted by Gasteiger charge is -2.33. The van der Waals surface area contributed by atoms with Crippen molar-refractivity contribution in [1.29, 1.82) is 0 Å². The third-order valence-electron chi connectivity index (χ3n) is 3.88. The highest BCUT2D eigenvalue weighted by Crippen LogP contribution is 2.20. The fraction of sp³-hybridized carbons (Fsp3) is 0.615. The first-order valence-electron chi connectivity index (χ1n) is 6.85. The van der Waals surface area contributed by atoms with E-state index in [0.29, 0.717) is 12.2 Å². The molecule has 3 N–H and O–H groups in total. The number of aromatic amines is 1. The fourth-order valence-corrected chi connectivity index (χ4v) is 2.19. The summed E-state index contributed by atoms with van der Waals surface area (Å²) in [7, 11) is 3.85. The lowest BCUT2D eigenvalue weighted by Crippen LogP contribution is -2.53. The average Bonchev–Trinajstić information content (AvgIpc) is 2.89. The molecule has 2 heterocycles. The Labute approximate surface area is 123 Å². The van der Waals surface area contributed by atoms with Crippen LogP contribution in [0, 0.1) is 0 Å². The number of hydrogen-bond donors (Lipinski definition) is 3. The van der Waals surface area contributed by atoms with E-state index in [1.165, 1.54) is 11.2 Å². The molecule has 0 bridgehead atoms. The van der Waals surface area contributed by atoms with Gasteiger partial charge in [0.15, 0.2) is 0 Å². The van der Waals surface area contributed by atoms with E-state index < -0.39 is 12.0 Å². The van der Waals surface area contributed by atoms with Gasteiger partial charge >= 0.3 is 12.0 Å². The number of nitrogens with zero attached hydrogens (tertiary/aromatic N) is 3. The summed E-state index contributed by atoms with van der Waals surface area (Å²) in [5.74, 6) is -1.01. The van der Waals surface area contributed by atoms with Crippen LogP contribution in [0.2, 0.25) is 0 Å². The Kier molecular flexibility index (Phi) is 4.46. The van der Waals surface area contributed by atoms with E-state index in [9.17, 15) is 14.7 Å². The number of rotatable bonds is 4. The number of nitrogens with one attached hydrogen (secondary N) is 2. The lowest BCUT2D eigenvalue weighted by atomic mass is 10.0. The Balaban J connectivity index is 2.06. The molecule has 0 saturated carbocycles. The molecule has 2 unspecified atom stereocenters. The molecular formula is C13H21N5O3. The molecule has 8 nitrogen and oxygen atoms in total. The van der Waals surface area contributed by atoms with Gasteiger partial charge in [0.1, 0.15) is 6.04 Å². The van der Waals surface area contributed by atoms with Gasteiger partial charge in [-0.15, -0.1) is 0 Å². The zero-order valence-electron chi connectivity index (χ0n) is 12.5. The van der Waals surface area contributed by atoms with Crippen LogP contribution in [0.15, 0.2) is 6.33 Å². The van der Waals surface area contributed by atoms with Crippen LogP contribution in [0.3, 0.4) is 0 Å². The minimum Gasteiger partial charge on any atom is -0.480 e. The van der Waals surface area contributed by atoms with Crippen molar-refractivity contribution in [2.45, 2.75) is 32.0 Å². The molecule has 1 aliphatic heterocycles. The second-order valence-electron chi connectivity index (χ2n) is 5.51. The van der Waals surface area contributed by atoms with E-state index in [0.717, 1.165) is 5.69 Å². The zero-order valence-corrected chi connectivity index (χ0v) is 12.5. The van der Waals surface area contributed by atoms with Crippen molar-refractivity contribution >= 4 is 12.0 Å². The lowest BCUT2D eigenvalue weighted by molar-refractivity contribution is -0.142. The van der Waals surface area contributed by atoms with Gasteiger partial charge in [-0.1, -0.05) is 0 Å². The van der Waals surface area contributed by atoms with Gasteiger partial charge in [0.25, 0.3) is 0 Å². The number of likely N-dealkylation sites (N-methyl/N-ethyl adjacent to an activating group) is 1. The summed E-state index contributed by atoms with van der Waals surface area (Å²) >= 11 is 0. The first kappa shape index (κ1) is 15.3. The van der Waals surface area contributed by atoms with Crippen LogP contribution in [0.25, 0.3) is 0 Å². The standard InChI is InChI=1S/C13H21N5O3/c1-8(17(2)3)5-14-13(21)18-6-10-9(15-7-16-10)4-11(18)12(19)20/h7-8,11H,4-6H2,1-3H3,(H,14,21)(H,15,16)(H,19,20). The molecule has 21 heavy (non-hydrogen) atoms. The third kappa shape index (κ3) is 3.33. The van der Waals surface area contributed by atoms with E-state index in [4.69, 9.17) is 0 Å². The van der Waals surface area contributed by atoms with E-state index in [1.807, 2.05) is 25.9 Å².